The van der Waals surface area contributed by atoms with Crippen LogP contribution in [0.1, 0.15) is 23.1 Å². The fourth-order valence-corrected chi connectivity index (χ4v) is 2.41. The molecule has 22 heavy (non-hydrogen) atoms. The number of carbonyl (C=O) groups is 1. The number of benzene rings is 2. The van der Waals surface area contributed by atoms with Gasteiger partial charge in [0.15, 0.2) is 11.5 Å². The quantitative estimate of drug-likeness (QED) is 0.938. The zero-order valence-electron chi connectivity index (χ0n) is 12.8. The van der Waals surface area contributed by atoms with Gasteiger partial charge in [0.25, 0.3) is 0 Å². The minimum Gasteiger partial charge on any atom is -0.454 e. The van der Waals surface area contributed by atoms with Crippen LogP contribution in [0.25, 0.3) is 0 Å². The van der Waals surface area contributed by atoms with E-state index in [0.29, 0.717) is 17.9 Å². The van der Waals surface area contributed by atoms with Gasteiger partial charge < -0.3 is 14.8 Å². The standard InChI is InChI=1S/C18H19NO3/c1-12-3-4-14(9-13(12)2)5-8-18(20)19-15-6-7-16-17(10-15)22-11-21-16/h3-4,6-7,9-10H,5,8,11H2,1-2H3,(H,19,20). The van der Waals surface area contributed by atoms with Gasteiger partial charge in [0.1, 0.15) is 0 Å². The number of aryl methyl sites for hydroxylation is 3. The van der Waals surface area contributed by atoms with Gasteiger partial charge in [-0.1, -0.05) is 18.2 Å². The highest BCUT2D eigenvalue weighted by Crippen LogP contribution is 2.34. The number of hydrogen-bond acceptors (Lipinski definition) is 3. The summed E-state index contributed by atoms with van der Waals surface area (Å²) in [7, 11) is 0. The molecule has 1 aliphatic rings. The Kier molecular flexibility index (Phi) is 4.00. The van der Waals surface area contributed by atoms with Crippen molar-refractivity contribution in [1.29, 1.82) is 0 Å². The number of hydrogen-bond donors (Lipinski definition) is 1. The fraction of sp³-hybridized carbons (Fsp3) is 0.278. The van der Waals surface area contributed by atoms with Crippen LogP contribution in [0, 0.1) is 13.8 Å². The van der Waals surface area contributed by atoms with Crippen molar-refractivity contribution in [3.63, 3.8) is 0 Å². The van der Waals surface area contributed by atoms with Crippen molar-refractivity contribution >= 4 is 11.6 Å². The topological polar surface area (TPSA) is 47.6 Å². The molecule has 0 saturated carbocycles. The second-order valence-electron chi connectivity index (χ2n) is 5.53. The molecular formula is C18H19NO3. The van der Waals surface area contributed by atoms with Gasteiger partial charge in [-0.15, -0.1) is 0 Å². The number of ether oxygens (including phenoxy) is 2. The van der Waals surface area contributed by atoms with Crippen molar-refractivity contribution < 1.29 is 14.3 Å². The lowest BCUT2D eigenvalue weighted by Gasteiger charge is -2.07. The first-order chi connectivity index (χ1) is 10.6. The highest BCUT2D eigenvalue weighted by atomic mass is 16.7. The van der Waals surface area contributed by atoms with Gasteiger partial charge >= 0.3 is 0 Å². The molecule has 1 N–H and O–H groups in total. The lowest BCUT2D eigenvalue weighted by atomic mass is 10.0. The Morgan fingerprint density at radius 3 is 2.68 bits per heavy atom. The predicted octanol–water partition coefficient (Wildman–Crippen LogP) is 3.60. The Morgan fingerprint density at radius 1 is 1.05 bits per heavy atom. The molecule has 0 atom stereocenters. The smallest absolute Gasteiger partial charge is 0.231 e. The van der Waals surface area contributed by atoms with Crippen LogP contribution < -0.4 is 14.8 Å². The Morgan fingerprint density at radius 2 is 1.86 bits per heavy atom. The number of amides is 1. The van der Waals surface area contributed by atoms with Crippen LogP contribution >= 0.6 is 0 Å². The van der Waals surface area contributed by atoms with Gasteiger partial charge in [-0.2, -0.15) is 0 Å². The largest absolute Gasteiger partial charge is 0.454 e. The van der Waals surface area contributed by atoms with Gasteiger partial charge in [0, 0.05) is 18.2 Å². The zero-order valence-corrected chi connectivity index (χ0v) is 12.8. The van der Waals surface area contributed by atoms with Crippen LogP contribution in [0.15, 0.2) is 36.4 Å². The number of anilines is 1. The average Bonchev–Trinajstić information content (AvgIpc) is 2.96. The third-order valence-corrected chi connectivity index (χ3v) is 3.87. The Bertz CT molecular complexity index is 709. The summed E-state index contributed by atoms with van der Waals surface area (Å²) in [6.45, 7) is 4.41. The van der Waals surface area contributed by atoms with Crippen molar-refractivity contribution in [2.45, 2.75) is 26.7 Å². The van der Waals surface area contributed by atoms with Crippen molar-refractivity contribution in [2.24, 2.45) is 0 Å². The first-order valence-corrected chi connectivity index (χ1v) is 7.37. The van der Waals surface area contributed by atoms with E-state index in [1.54, 1.807) is 12.1 Å². The molecule has 0 radical (unpaired) electrons. The minimum absolute atomic E-state index is 0.00269. The Balaban J connectivity index is 1.57. The van der Waals surface area contributed by atoms with E-state index in [9.17, 15) is 4.79 Å². The SMILES string of the molecule is Cc1ccc(CCC(=O)Nc2ccc3c(c2)OCO3)cc1C. The first kappa shape index (κ1) is 14.4. The number of carbonyl (C=O) groups excluding carboxylic acids is 1. The summed E-state index contributed by atoms with van der Waals surface area (Å²) in [4.78, 5) is 12.1. The fourth-order valence-electron chi connectivity index (χ4n) is 2.41. The number of fused-ring (bicyclic) bond motifs is 1. The second kappa shape index (κ2) is 6.10. The van der Waals surface area contributed by atoms with E-state index in [2.05, 4.69) is 37.4 Å². The van der Waals surface area contributed by atoms with Gasteiger partial charge in [0.2, 0.25) is 12.7 Å². The van der Waals surface area contributed by atoms with Crippen molar-refractivity contribution in [3.05, 3.63) is 53.1 Å². The maximum absolute atomic E-state index is 12.1. The normalized spacial score (nSPS) is 12.3. The van der Waals surface area contributed by atoms with Crippen LogP contribution in [-0.4, -0.2) is 12.7 Å². The molecule has 1 amide bonds. The molecule has 3 rings (SSSR count). The molecule has 2 aromatic carbocycles. The molecule has 4 heteroatoms. The maximum Gasteiger partial charge on any atom is 0.231 e. The molecule has 4 nitrogen and oxygen atoms in total. The number of nitrogens with one attached hydrogen (secondary N) is 1. The molecule has 0 bridgehead atoms. The van der Waals surface area contributed by atoms with Crippen molar-refractivity contribution in [1.82, 2.24) is 0 Å². The zero-order chi connectivity index (χ0) is 15.5. The van der Waals surface area contributed by atoms with E-state index in [0.717, 1.165) is 12.1 Å². The number of rotatable bonds is 4. The first-order valence-electron chi connectivity index (χ1n) is 7.37. The third kappa shape index (κ3) is 3.22. The highest BCUT2D eigenvalue weighted by Gasteiger charge is 2.14. The summed E-state index contributed by atoms with van der Waals surface area (Å²) >= 11 is 0. The van der Waals surface area contributed by atoms with E-state index < -0.39 is 0 Å². The summed E-state index contributed by atoms with van der Waals surface area (Å²) in [5.74, 6) is 1.39. The van der Waals surface area contributed by atoms with Gasteiger partial charge in [0.05, 0.1) is 0 Å². The highest BCUT2D eigenvalue weighted by molar-refractivity contribution is 5.91. The molecule has 0 spiro atoms. The van der Waals surface area contributed by atoms with Crippen LogP contribution in [0.5, 0.6) is 11.5 Å². The van der Waals surface area contributed by atoms with E-state index >= 15 is 0 Å². The molecule has 2 aromatic rings. The molecular weight excluding hydrogens is 278 g/mol. The van der Waals surface area contributed by atoms with Crippen molar-refractivity contribution in [2.75, 3.05) is 12.1 Å². The third-order valence-electron chi connectivity index (χ3n) is 3.87. The minimum atomic E-state index is -0.00269. The van der Waals surface area contributed by atoms with Gasteiger partial charge in [-0.3, -0.25) is 4.79 Å². The lowest BCUT2D eigenvalue weighted by Crippen LogP contribution is -2.12. The molecule has 0 unspecified atom stereocenters. The van der Waals surface area contributed by atoms with E-state index in [4.69, 9.17) is 9.47 Å². The molecule has 0 fully saturated rings. The lowest BCUT2D eigenvalue weighted by molar-refractivity contribution is -0.116. The van der Waals surface area contributed by atoms with Crippen molar-refractivity contribution in [3.8, 4) is 11.5 Å². The summed E-state index contributed by atoms with van der Waals surface area (Å²) in [5, 5.41) is 2.89. The van der Waals surface area contributed by atoms with Crippen LogP contribution in [0.3, 0.4) is 0 Å². The summed E-state index contributed by atoms with van der Waals surface area (Å²) in [6, 6.07) is 11.7. The average molecular weight is 297 g/mol. The molecule has 1 aliphatic heterocycles. The molecule has 114 valence electrons. The Hall–Kier alpha value is -2.49. The monoisotopic (exact) mass is 297 g/mol. The van der Waals surface area contributed by atoms with Crippen LogP contribution in [0.2, 0.25) is 0 Å². The van der Waals surface area contributed by atoms with Crippen LogP contribution in [0.4, 0.5) is 5.69 Å². The summed E-state index contributed by atoms with van der Waals surface area (Å²) in [5.41, 5.74) is 4.44. The van der Waals surface area contributed by atoms with Gasteiger partial charge in [-0.25, -0.2) is 0 Å². The summed E-state index contributed by atoms with van der Waals surface area (Å²) in [6.07, 6.45) is 1.19. The van der Waals surface area contributed by atoms with Crippen LogP contribution in [-0.2, 0) is 11.2 Å². The van der Waals surface area contributed by atoms with E-state index in [-0.39, 0.29) is 12.7 Å². The van der Waals surface area contributed by atoms with E-state index in [1.807, 2.05) is 6.07 Å². The second-order valence-corrected chi connectivity index (χ2v) is 5.53. The van der Waals surface area contributed by atoms with E-state index in [1.165, 1.54) is 16.7 Å². The Labute approximate surface area is 130 Å². The molecule has 0 aromatic heterocycles. The predicted molar refractivity (Wildman–Crippen MR) is 85.4 cm³/mol. The van der Waals surface area contributed by atoms with Gasteiger partial charge in [-0.05, 0) is 49.1 Å². The maximum atomic E-state index is 12.1. The molecule has 0 aliphatic carbocycles. The molecule has 0 saturated heterocycles. The molecule has 1 heterocycles. The summed E-state index contributed by atoms with van der Waals surface area (Å²) < 4.78 is 10.6.